The fourth-order valence-corrected chi connectivity index (χ4v) is 4.51. The number of benzene rings is 1. The van der Waals surface area contributed by atoms with Gasteiger partial charge in [-0.2, -0.15) is 5.10 Å². The second-order valence-electron chi connectivity index (χ2n) is 9.31. The molecule has 0 radical (unpaired) electrons. The minimum atomic E-state index is 0.163. The fraction of sp³-hybridized carbons (Fsp3) is 0.458. The van der Waals surface area contributed by atoms with Crippen LogP contribution >= 0.6 is 0 Å². The number of Topliss-reactive ketones (excluding diaryl/α,β-unsaturated/α-hetero) is 1. The molecule has 1 aromatic carbocycles. The van der Waals surface area contributed by atoms with E-state index < -0.39 is 0 Å². The van der Waals surface area contributed by atoms with Gasteiger partial charge in [0.2, 0.25) is 0 Å². The van der Waals surface area contributed by atoms with Crippen molar-refractivity contribution in [3.63, 3.8) is 0 Å². The number of fused-ring (bicyclic) bond motifs is 1. The first-order chi connectivity index (χ1) is 14.0. The van der Waals surface area contributed by atoms with E-state index in [9.17, 15) is 4.79 Å². The number of hydrogen-bond donors (Lipinski definition) is 0. The number of pyridine rings is 1. The minimum absolute atomic E-state index is 0.163. The largest absolute Gasteiger partial charge is 0.302 e. The molecule has 5 rings (SSSR count). The van der Waals surface area contributed by atoms with Crippen molar-refractivity contribution >= 4 is 16.6 Å². The third-order valence-corrected chi connectivity index (χ3v) is 6.61. The van der Waals surface area contributed by atoms with Gasteiger partial charge in [-0.25, -0.2) is 0 Å². The van der Waals surface area contributed by atoms with Gasteiger partial charge >= 0.3 is 0 Å². The van der Waals surface area contributed by atoms with Gasteiger partial charge in [0.05, 0.1) is 6.20 Å². The van der Waals surface area contributed by atoms with Crippen molar-refractivity contribution in [2.24, 2.45) is 18.4 Å². The Kier molecular flexibility index (Phi) is 4.50. The molecular weight excluding hydrogens is 360 g/mol. The van der Waals surface area contributed by atoms with Gasteiger partial charge in [-0.05, 0) is 54.3 Å². The lowest BCUT2D eigenvalue weighted by Gasteiger charge is -2.19. The van der Waals surface area contributed by atoms with E-state index in [4.69, 9.17) is 0 Å². The first-order valence-electron chi connectivity index (χ1n) is 10.6. The molecule has 1 aliphatic heterocycles. The number of aromatic nitrogens is 3. The van der Waals surface area contributed by atoms with E-state index in [2.05, 4.69) is 46.2 Å². The smallest absolute Gasteiger partial charge is 0.143 e. The molecular formula is C24H28N4O. The van der Waals surface area contributed by atoms with Crippen LogP contribution < -0.4 is 0 Å². The molecule has 1 saturated heterocycles. The topological polar surface area (TPSA) is 51.0 Å². The predicted molar refractivity (Wildman–Crippen MR) is 115 cm³/mol. The van der Waals surface area contributed by atoms with Gasteiger partial charge in [0.1, 0.15) is 5.78 Å². The molecule has 0 bridgehead atoms. The summed E-state index contributed by atoms with van der Waals surface area (Å²) in [6, 6.07) is 8.42. The third-order valence-electron chi connectivity index (χ3n) is 6.61. The normalized spacial score (nSPS) is 21.0. The Bertz CT molecular complexity index is 1070. The van der Waals surface area contributed by atoms with Crippen molar-refractivity contribution in [2.45, 2.75) is 32.6 Å². The van der Waals surface area contributed by atoms with Gasteiger partial charge in [-0.3, -0.25) is 14.5 Å². The highest BCUT2D eigenvalue weighted by molar-refractivity contribution is 5.88. The molecule has 1 unspecified atom stereocenters. The number of carbonyl (C=O) groups excluding carboxylic acids is 1. The average molecular weight is 389 g/mol. The number of nitrogens with zero attached hydrogens (tertiary/aromatic N) is 4. The molecule has 5 heteroatoms. The van der Waals surface area contributed by atoms with Gasteiger partial charge in [0, 0.05) is 61.5 Å². The van der Waals surface area contributed by atoms with Crippen LogP contribution in [0.5, 0.6) is 0 Å². The van der Waals surface area contributed by atoms with Gasteiger partial charge in [-0.1, -0.05) is 19.1 Å². The first kappa shape index (κ1) is 18.5. The fourth-order valence-electron chi connectivity index (χ4n) is 4.51. The Morgan fingerprint density at radius 2 is 2.03 bits per heavy atom. The van der Waals surface area contributed by atoms with Crippen LogP contribution in [0.1, 0.15) is 31.9 Å². The zero-order chi connectivity index (χ0) is 20.0. The van der Waals surface area contributed by atoms with E-state index in [-0.39, 0.29) is 5.92 Å². The molecule has 150 valence electrons. The lowest BCUT2D eigenvalue weighted by Crippen LogP contribution is -2.29. The second-order valence-corrected chi connectivity index (χ2v) is 9.31. The van der Waals surface area contributed by atoms with Crippen LogP contribution in [0.2, 0.25) is 0 Å². The van der Waals surface area contributed by atoms with Crippen LogP contribution in [0, 0.1) is 11.3 Å². The van der Waals surface area contributed by atoms with Crippen LogP contribution in [-0.4, -0.2) is 45.1 Å². The number of likely N-dealkylation sites (tertiary alicyclic amines) is 1. The zero-order valence-corrected chi connectivity index (χ0v) is 17.3. The van der Waals surface area contributed by atoms with Crippen molar-refractivity contribution in [3.8, 4) is 11.1 Å². The Morgan fingerprint density at radius 1 is 1.17 bits per heavy atom. The molecule has 3 aromatic rings. The first-order valence-corrected chi connectivity index (χ1v) is 10.6. The van der Waals surface area contributed by atoms with Crippen molar-refractivity contribution in [2.75, 3.05) is 19.6 Å². The summed E-state index contributed by atoms with van der Waals surface area (Å²) >= 11 is 0. The molecule has 2 aliphatic rings. The monoisotopic (exact) mass is 388 g/mol. The summed E-state index contributed by atoms with van der Waals surface area (Å²) in [4.78, 5) is 19.9. The summed E-state index contributed by atoms with van der Waals surface area (Å²) in [5.74, 6) is 0.500. The Balaban J connectivity index is 1.29. The lowest BCUT2D eigenvalue weighted by molar-refractivity contribution is -0.121. The van der Waals surface area contributed by atoms with Gasteiger partial charge in [0.25, 0.3) is 0 Å². The quantitative estimate of drug-likeness (QED) is 0.643. The van der Waals surface area contributed by atoms with Crippen molar-refractivity contribution in [1.82, 2.24) is 19.7 Å². The van der Waals surface area contributed by atoms with E-state index in [1.54, 1.807) is 0 Å². The molecule has 5 nitrogen and oxygen atoms in total. The highest BCUT2D eigenvalue weighted by Gasteiger charge is 2.40. The summed E-state index contributed by atoms with van der Waals surface area (Å²) < 4.78 is 1.81. The second kappa shape index (κ2) is 7.06. The highest BCUT2D eigenvalue weighted by atomic mass is 16.1. The lowest BCUT2D eigenvalue weighted by atomic mass is 9.98. The van der Waals surface area contributed by atoms with Crippen LogP contribution in [0.3, 0.4) is 0 Å². The van der Waals surface area contributed by atoms with Crippen molar-refractivity contribution < 1.29 is 4.79 Å². The Morgan fingerprint density at radius 3 is 2.79 bits per heavy atom. The molecule has 2 fully saturated rings. The van der Waals surface area contributed by atoms with E-state index in [1.165, 1.54) is 12.8 Å². The third kappa shape index (κ3) is 3.97. The van der Waals surface area contributed by atoms with Crippen LogP contribution in [-0.2, 0) is 18.3 Å². The number of hydrogen-bond acceptors (Lipinski definition) is 4. The maximum Gasteiger partial charge on any atom is 0.143 e. The molecule has 0 spiro atoms. The molecule has 1 atom stereocenters. The van der Waals surface area contributed by atoms with Gasteiger partial charge < -0.3 is 4.90 Å². The average Bonchev–Trinajstić information content (AvgIpc) is 3.08. The van der Waals surface area contributed by atoms with Gasteiger partial charge in [-0.15, -0.1) is 0 Å². The van der Waals surface area contributed by atoms with E-state index in [0.717, 1.165) is 53.6 Å². The maximum absolute atomic E-state index is 12.9. The molecule has 3 heterocycles. The number of rotatable bonds is 6. The van der Waals surface area contributed by atoms with Crippen molar-refractivity contribution in [3.05, 3.63) is 48.5 Å². The maximum atomic E-state index is 12.9. The van der Waals surface area contributed by atoms with E-state index >= 15 is 0 Å². The Hall–Kier alpha value is -2.53. The molecule has 0 amide bonds. The zero-order valence-electron chi connectivity index (χ0n) is 17.3. The van der Waals surface area contributed by atoms with E-state index in [1.807, 2.05) is 30.3 Å². The minimum Gasteiger partial charge on any atom is -0.302 e. The van der Waals surface area contributed by atoms with Crippen LogP contribution in [0.4, 0.5) is 0 Å². The molecule has 2 aromatic heterocycles. The summed E-state index contributed by atoms with van der Waals surface area (Å²) in [5, 5.41) is 6.48. The Labute approximate surface area is 171 Å². The van der Waals surface area contributed by atoms with Crippen LogP contribution in [0.25, 0.3) is 21.9 Å². The summed E-state index contributed by atoms with van der Waals surface area (Å²) in [6.07, 6.45) is 9.88. The summed E-state index contributed by atoms with van der Waals surface area (Å²) in [5.41, 5.74) is 3.62. The predicted octanol–water partition coefficient (Wildman–Crippen LogP) is 3.87. The summed E-state index contributed by atoms with van der Waals surface area (Å²) in [6.45, 7) is 5.50. The molecule has 1 saturated carbocycles. The molecule has 1 aliphatic carbocycles. The standard InChI is InChI=1S/C24H28N4O/c1-24(6-7-24)16-28-8-5-19(15-28)23(29)11-22-10-20-9-17(3-4-18(20)12-25-22)21-13-26-27(2)14-21/h3-4,9-10,12-14,19H,5-8,11,15-16H2,1-2H3. The molecule has 29 heavy (non-hydrogen) atoms. The van der Waals surface area contributed by atoms with Gasteiger partial charge in [0.15, 0.2) is 0 Å². The van der Waals surface area contributed by atoms with E-state index in [0.29, 0.717) is 17.6 Å². The van der Waals surface area contributed by atoms with Crippen LogP contribution in [0.15, 0.2) is 42.9 Å². The summed E-state index contributed by atoms with van der Waals surface area (Å²) in [7, 11) is 1.92. The van der Waals surface area contributed by atoms with Crippen molar-refractivity contribution in [1.29, 1.82) is 0 Å². The highest BCUT2D eigenvalue weighted by Crippen LogP contribution is 2.46. The molecule has 0 N–H and O–H groups in total. The number of aryl methyl sites for hydroxylation is 1. The number of ketones is 1. The SMILES string of the molecule is Cn1cc(-c2ccc3cnc(CC(=O)C4CCN(CC5(C)CC5)C4)cc3c2)cn1. The number of carbonyl (C=O) groups is 1.